The van der Waals surface area contributed by atoms with Gasteiger partial charge in [0.2, 0.25) is 0 Å². The lowest BCUT2D eigenvalue weighted by molar-refractivity contribution is -0.0499. The van der Waals surface area contributed by atoms with Crippen molar-refractivity contribution in [2.75, 3.05) is 19.0 Å². The lowest BCUT2D eigenvalue weighted by atomic mass is 10.2. The molecule has 0 heterocycles. The van der Waals surface area contributed by atoms with Crippen molar-refractivity contribution in [3.63, 3.8) is 0 Å². The molecule has 0 aliphatic heterocycles. The average Bonchev–Trinajstić information content (AvgIpc) is 2.32. The second-order valence-corrected chi connectivity index (χ2v) is 5.14. The minimum absolute atomic E-state index is 0.0182. The Balaban J connectivity index is 3.02. The van der Waals surface area contributed by atoms with Gasteiger partial charge in [-0.1, -0.05) is 18.5 Å². The Morgan fingerprint density at radius 1 is 1.42 bits per heavy atom. The van der Waals surface area contributed by atoms with Gasteiger partial charge in [-0.15, -0.1) is 0 Å². The molecule has 0 aliphatic carbocycles. The van der Waals surface area contributed by atoms with Gasteiger partial charge in [0.05, 0.1) is 16.8 Å². The highest BCUT2D eigenvalue weighted by molar-refractivity contribution is 9.10. The highest BCUT2D eigenvalue weighted by Gasteiger charge is 2.17. The molecule has 1 rings (SSSR count). The maximum Gasteiger partial charge on any atom is 0.387 e. The van der Waals surface area contributed by atoms with Gasteiger partial charge in [0.1, 0.15) is 0 Å². The van der Waals surface area contributed by atoms with E-state index in [1.54, 1.807) is 13.2 Å². The van der Waals surface area contributed by atoms with Crippen LogP contribution in [0.3, 0.4) is 0 Å². The average molecular weight is 359 g/mol. The fourth-order valence-corrected chi connectivity index (χ4v) is 2.46. The summed E-state index contributed by atoms with van der Waals surface area (Å²) in [6.45, 7) is -0.487. The summed E-state index contributed by atoms with van der Waals surface area (Å²) in [7, 11) is 1.58. The molecule has 0 spiro atoms. The van der Waals surface area contributed by atoms with Crippen molar-refractivity contribution in [2.24, 2.45) is 0 Å². The summed E-state index contributed by atoms with van der Waals surface area (Å²) in [5.74, 6) is 0.0361. The number of rotatable bonds is 7. The lowest BCUT2D eigenvalue weighted by Gasteiger charge is -2.20. The van der Waals surface area contributed by atoms with Gasteiger partial charge < -0.3 is 14.8 Å². The molecule has 1 atom stereocenters. The highest BCUT2D eigenvalue weighted by Crippen LogP contribution is 2.38. The molecule has 7 heteroatoms. The zero-order chi connectivity index (χ0) is 14.4. The molecular formula is C12H15BrClF2NO2. The maximum atomic E-state index is 12.4. The molecule has 0 saturated carbocycles. The quantitative estimate of drug-likeness (QED) is 0.776. The third-order valence-corrected chi connectivity index (χ3v) is 3.24. The van der Waals surface area contributed by atoms with Gasteiger partial charge in [0.15, 0.2) is 5.75 Å². The number of halogens is 4. The van der Waals surface area contributed by atoms with Crippen LogP contribution in [0.25, 0.3) is 0 Å². The van der Waals surface area contributed by atoms with Gasteiger partial charge >= 0.3 is 6.61 Å². The SMILES string of the molecule is CCC(COC)Nc1cc(Cl)cc(Br)c1OC(F)F. The number of methoxy groups -OCH3 is 1. The van der Waals surface area contributed by atoms with Crippen molar-refractivity contribution >= 4 is 33.2 Å². The van der Waals surface area contributed by atoms with Gasteiger partial charge in [-0.2, -0.15) is 8.78 Å². The van der Waals surface area contributed by atoms with Crippen LogP contribution in [0.5, 0.6) is 5.75 Å². The van der Waals surface area contributed by atoms with Gasteiger partial charge in [0.25, 0.3) is 0 Å². The molecule has 1 aromatic rings. The van der Waals surface area contributed by atoms with Crippen LogP contribution in [0.4, 0.5) is 14.5 Å². The van der Waals surface area contributed by atoms with Crippen LogP contribution >= 0.6 is 27.5 Å². The van der Waals surface area contributed by atoms with E-state index >= 15 is 0 Å². The maximum absolute atomic E-state index is 12.4. The Labute approximate surface area is 124 Å². The van der Waals surface area contributed by atoms with E-state index in [0.717, 1.165) is 6.42 Å². The van der Waals surface area contributed by atoms with Crippen molar-refractivity contribution in [2.45, 2.75) is 26.0 Å². The van der Waals surface area contributed by atoms with Crippen molar-refractivity contribution < 1.29 is 18.3 Å². The molecule has 3 nitrogen and oxygen atoms in total. The summed E-state index contributed by atoms with van der Waals surface area (Å²) in [6.07, 6.45) is 0.770. The second-order valence-electron chi connectivity index (χ2n) is 3.85. The Hall–Kier alpha value is -0.590. The molecule has 0 aliphatic rings. The predicted molar refractivity (Wildman–Crippen MR) is 75.4 cm³/mol. The molecular weight excluding hydrogens is 343 g/mol. The van der Waals surface area contributed by atoms with Crippen LogP contribution in [0.15, 0.2) is 16.6 Å². The van der Waals surface area contributed by atoms with Crippen molar-refractivity contribution in [1.82, 2.24) is 0 Å². The minimum Gasteiger partial charge on any atom is -0.431 e. The number of benzene rings is 1. The van der Waals surface area contributed by atoms with Crippen molar-refractivity contribution in [3.8, 4) is 5.75 Å². The van der Waals surface area contributed by atoms with Crippen LogP contribution in [0.1, 0.15) is 13.3 Å². The largest absolute Gasteiger partial charge is 0.431 e. The van der Waals surface area contributed by atoms with Gasteiger partial charge in [-0.25, -0.2) is 0 Å². The monoisotopic (exact) mass is 357 g/mol. The Morgan fingerprint density at radius 2 is 2.11 bits per heavy atom. The van der Waals surface area contributed by atoms with E-state index in [9.17, 15) is 8.78 Å². The fourth-order valence-electron chi connectivity index (χ4n) is 1.56. The first-order valence-corrected chi connectivity index (χ1v) is 6.84. The van der Waals surface area contributed by atoms with E-state index in [0.29, 0.717) is 21.8 Å². The van der Waals surface area contributed by atoms with E-state index in [-0.39, 0.29) is 11.8 Å². The van der Waals surface area contributed by atoms with Crippen LogP contribution in [0.2, 0.25) is 5.02 Å². The molecule has 1 unspecified atom stereocenters. The number of hydrogen-bond donors (Lipinski definition) is 1. The third kappa shape index (κ3) is 5.12. The summed E-state index contributed by atoms with van der Waals surface area (Å²) in [5.41, 5.74) is 0.406. The fraction of sp³-hybridized carbons (Fsp3) is 0.500. The number of alkyl halides is 2. The molecule has 0 bridgehead atoms. The van der Waals surface area contributed by atoms with Crippen LogP contribution in [-0.4, -0.2) is 26.4 Å². The zero-order valence-corrected chi connectivity index (χ0v) is 12.9. The second kappa shape index (κ2) is 7.87. The predicted octanol–water partition coefficient (Wildman–Crippen LogP) is 4.54. The van der Waals surface area contributed by atoms with Gasteiger partial charge in [0, 0.05) is 18.2 Å². The Kier molecular flexibility index (Phi) is 6.82. The molecule has 0 amide bonds. The zero-order valence-electron chi connectivity index (χ0n) is 10.6. The van der Waals surface area contributed by atoms with E-state index in [2.05, 4.69) is 26.0 Å². The van der Waals surface area contributed by atoms with Crippen LogP contribution in [0, 0.1) is 0 Å². The highest BCUT2D eigenvalue weighted by atomic mass is 79.9. The molecule has 0 saturated heterocycles. The normalized spacial score (nSPS) is 12.6. The summed E-state index contributed by atoms with van der Waals surface area (Å²) in [4.78, 5) is 0. The van der Waals surface area contributed by atoms with Gasteiger partial charge in [-0.05, 0) is 34.5 Å². The molecule has 0 fully saturated rings. The molecule has 0 radical (unpaired) electrons. The van der Waals surface area contributed by atoms with Crippen molar-refractivity contribution in [3.05, 3.63) is 21.6 Å². The lowest BCUT2D eigenvalue weighted by Crippen LogP contribution is -2.24. The summed E-state index contributed by atoms with van der Waals surface area (Å²) in [5, 5.41) is 3.51. The molecule has 19 heavy (non-hydrogen) atoms. The van der Waals surface area contributed by atoms with E-state index in [1.807, 2.05) is 6.92 Å². The topological polar surface area (TPSA) is 30.5 Å². The van der Waals surface area contributed by atoms with E-state index < -0.39 is 6.61 Å². The third-order valence-electron chi connectivity index (χ3n) is 2.44. The summed E-state index contributed by atoms with van der Waals surface area (Å²) >= 11 is 9.08. The standard InChI is InChI=1S/C12H15BrClF2NO2/c1-3-8(6-18-2)17-10-5-7(14)4-9(13)11(10)19-12(15)16/h4-5,8,12,17H,3,6H2,1-2H3. The Morgan fingerprint density at radius 3 is 2.63 bits per heavy atom. The Bertz CT molecular complexity index is 421. The van der Waals surface area contributed by atoms with Gasteiger partial charge in [-0.3, -0.25) is 0 Å². The van der Waals surface area contributed by atoms with E-state index in [1.165, 1.54) is 6.07 Å². The van der Waals surface area contributed by atoms with Crippen LogP contribution in [-0.2, 0) is 4.74 Å². The van der Waals surface area contributed by atoms with E-state index in [4.69, 9.17) is 16.3 Å². The summed E-state index contributed by atoms with van der Waals surface area (Å²) in [6, 6.07) is 3.03. The number of anilines is 1. The number of ether oxygens (including phenoxy) is 2. The number of nitrogens with one attached hydrogen (secondary N) is 1. The molecule has 0 aromatic heterocycles. The smallest absolute Gasteiger partial charge is 0.387 e. The first-order valence-electron chi connectivity index (χ1n) is 5.67. The molecule has 108 valence electrons. The summed E-state index contributed by atoms with van der Waals surface area (Å²) < 4.78 is 34.8. The first kappa shape index (κ1) is 16.5. The molecule has 1 N–H and O–H groups in total. The molecule has 1 aromatic carbocycles. The number of hydrogen-bond acceptors (Lipinski definition) is 3. The van der Waals surface area contributed by atoms with Crippen LogP contribution < -0.4 is 10.1 Å². The van der Waals surface area contributed by atoms with Crippen molar-refractivity contribution in [1.29, 1.82) is 0 Å². The first-order chi connectivity index (χ1) is 8.97. The minimum atomic E-state index is -2.90.